The van der Waals surface area contributed by atoms with E-state index in [9.17, 15) is 4.79 Å². The molecule has 2 saturated heterocycles. The summed E-state index contributed by atoms with van der Waals surface area (Å²) in [4.78, 5) is 15.4. The Bertz CT molecular complexity index is 483. The molecule has 0 bridgehead atoms. The number of thioether (sulfide) groups is 1. The molecular formula is C11H9NO2S3. The van der Waals surface area contributed by atoms with Gasteiger partial charge < -0.3 is 4.74 Å². The van der Waals surface area contributed by atoms with Crippen LogP contribution in [-0.2, 0) is 9.53 Å². The average Bonchev–Trinajstić information content (AvgIpc) is 2.89. The quantitative estimate of drug-likeness (QED) is 0.627. The molecule has 6 heteroatoms. The first-order valence-corrected chi connectivity index (χ1v) is 7.35. The van der Waals surface area contributed by atoms with Crippen molar-refractivity contribution in [3.8, 4) is 0 Å². The van der Waals surface area contributed by atoms with E-state index in [2.05, 4.69) is 22.4 Å². The summed E-state index contributed by atoms with van der Waals surface area (Å²) in [5.41, 5.74) is 0. The van der Waals surface area contributed by atoms with Crippen LogP contribution in [0.25, 0.3) is 6.08 Å². The number of fused-ring (bicyclic) bond motifs is 1. The second-order valence-electron chi connectivity index (χ2n) is 3.71. The van der Waals surface area contributed by atoms with Crippen molar-refractivity contribution in [2.45, 2.75) is 12.5 Å². The number of carbonyl (C=O) groups is 1. The number of aldehydes is 1. The highest BCUT2D eigenvalue weighted by atomic mass is 32.2. The Balaban J connectivity index is 1.74. The van der Waals surface area contributed by atoms with E-state index in [-0.39, 0.29) is 12.5 Å². The topological polar surface area (TPSA) is 29.5 Å². The van der Waals surface area contributed by atoms with Gasteiger partial charge in [0.15, 0.2) is 12.5 Å². The smallest absolute Gasteiger partial charge is 0.160 e. The first-order valence-electron chi connectivity index (χ1n) is 5.08. The summed E-state index contributed by atoms with van der Waals surface area (Å²) in [6.07, 6.45) is 2.53. The molecule has 17 heavy (non-hydrogen) atoms. The molecule has 88 valence electrons. The predicted octanol–water partition coefficient (Wildman–Crippen LogP) is 2.35. The Morgan fingerprint density at radius 1 is 1.65 bits per heavy atom. The monoisotopic (exact) mass is 283 g/mol. The lowest BCUT2D eigenvalue weighted by atomic mass is 10.2. The van der Waals surface area contributed by atoms with Crippen molar-refractivity contribution < 1.29 is 9.53 Å². The molecule has 1 aromatic heterocycles. The van der Waals surface area contributed by atoms with Crippen molar-refractivity contribution in [2.24, 2.45) is 0 Å². The van der Waals surface area contributed by atoms with Crippen LogP contribution < -0.4 is 0 Å². The number of carbonyl (C=O) groups excluding carboxylic acids is 1. The molecule has 3 nitrogen and oxygen atoms in total. The zero-order valence-electron chi connectivity index (χ0n) is 8.74. The fraction of sp³-hybridized carbons (Fsp3) is 0.273. The van der Waals surface area contributed by atoms with Crippen LogP contribution in [0, 0.1) is 0 Å². The second-order valence-corrected chi connectivity index (χ2v) is 6.18. The van der Waals surface area contributed by atoms with Gasteiger partial charge in [0.25, 0.3) is 0 Å². The van der Waals surface area contributed by atoms with Gasteiger partial charge in [-0.05, 0) is 17.5 Å². The molecule has 2 unspecified atom stereocenters. The second kappa shape index (κ2) is 4.62. The van der Waals surface area contributed by atoms with Crippen LogP contribution in [0.2, 0.25) is 0 Å². The van der Waals surface area contributed by atoms with Gasteiger partial charge in [-0.2, -0.15) is 0 Å². The minimum Gasteiger partial charge on any atom is -0.334 e. The highest BCUT2D eigenvalue weighted by Gasteiger charge is 2.48. The lowest BCUT2D eigenvalue weighted by Crippen LogP contribution is -2.58. The van der Waals surface area contributed by atoms with E-state index < -0.39 is 0 Å². The summed E-state index contributed by atoms with van der Waals surface area (Å²) in [7, 11) is 0. The average molecular weight is 283 g/mol. The normalized spacial score (nSPS) is 30.0. The van der Waals surface area contributed by atoms with Crippen molar-refractivity contribution in [2.75, 3.05) is 5.88 Å². The highest BCUT2D eigenvalue weighted by molar-refractivity contribution is 8.03. The Kier molecular flexibility index (Phi) is 3.14. The fourth-order valence-electron chi connectivity index (χ4n) is 1.84. The zero-order valence-corrected chi connectivity index (χ0v) is 11.2. The van der Waals surface area contributed by atoms with Gasteiger partial charge in [-0.3, -0.25) is 4.79 Å². The van der Waals surface area contributed by atoms with Gasteiger partial charge in [-0.15, -0.1) is 23.1 Å². The Hall–Kier alpha value is -0.530. The van der Waals surface area contributed by atoms with Crippen molar-refractivity contribution in [1.29, 1.82) is 0 Å². The molecule has 0 aromatic carbocycles. The molecule has 2 aliphatic heterocycles. The van der Waals surface area contributed by atoms with Crippen molar-refractivity contribution in [3.63, 3.8) is 0 Å². The summed E-state index contributed by atoms with van der Waals surface area (Å²) in [5, 5.41) is 2.05. The van der Waals surface area contributed by atoms with Gasteiger partial charge in [-0.1, -0.05) is 18.3 Å². The lowest BCUT2D eigenvalue weighted by molar-refractivity contribution is -0.214. The van der Waals surface area contributed by atoms with E-state index in [1.54, 1.807) is 23.1 Å². The van der Waals surface area contributed by atoms with Crippen LogP contribution in [-0.4, -0.2) is 34.4 Å². The number of thiocarbonyl (C=S) groups is 1. The Morgan fingerprint density at radius 3 is 3.24 bits per heavy atom. The van der Waals surface area contributed by atoms with Gasteiger partial charge in [0, 0.05) is 9.78 Å². The predicted molar refractivity (Wildman–Crippen MR) is 73.9 cm³/mol. The molecule has 3 heterocycles. The maximum atomic E-state index is 10.6. The van der Waals surface area contributed by atoms with Crippen LogP contribution in [0.3, 0.4) is 0 Å². The third kappa shape index (κ3) is 2.00. The van der Waals surface area contributed by atoms with Gasteiger partial charge >= 0.3 is 0 Å². The van der Waals surface area contributed by atoms with Crippen LogP contribution >= 0.6 is 35.3 Å². The van der Waals surface area contributed by atoms with E-state index in [1.807, 2.05) is 6.07 Å². The third-order valence-corrected chi connectivity index (χ3v) is 4.87. The van der Waals surface area contributed by atoms with Gasteiger partial charge in [0.05, 0.1) is 10.7 Å². The lowest BCUT2D eigenvalue weighted by Gasteiger charge is -2.42. The van der Waals surface area contributed by atoms with Crippen LogP contribution in [0.1, 0.15) is 4.88 Å². The summed E-state index contributed by atoms with van der Waals surface area (Å²) in [6.45, 7) is 0. The maximum absolute atomic E-state index is 10.6. The minimum absolute atomic E-state index is 0.00926. The van der Waals surface area contributed by atoms with Crippen LogP contribution in [0.5, 0.6) is 0 Å². The van der Waals surface area contributed by atoms with Gasteiger partial charge in [0.2, 0.25) is 0 Å². The molecule has 0 spiro atoms. The van der Waals surface area contributed by atoms with Crippen molar-refractivity contribution in [1.82, 2.24) is 4.90 Å². The molecule has 3 rings (SSSR count). The van der Waals surface area contributed by atoms with Crippen molar-refractivity contribution in [3.05, 3.63) is 27.3 Å². The van der Waals surface area contributed by atoms with Gasteiger partial charge in [0.1, 0.15) is 6.23 Å². The molecule has 2 fully saturated rings. The Labute approximate surface area is 112 Å². The van der Waals surface area contributed by atoms with Crippen LogP contribution in [0.15, 0.2) is 22.4 Å². The van der Waals surface area contributed by atoms with E-state index in [0.29, 0.717) is 11.2 Å². The zero-order chi connectivity index (χ0) is 11.8. The number of rotatable bonds is 3. The SMILES string of the molecule is O=CC(=S)C1OC2C(=Cc3cccs3)SCN12. The molecule has 2 aliphatic rings. The van der Waals surface area contributed by atoms with E-state index in [0.717, 1.165) is 5.88 Å². The summed E-state index contributed by atoms with van der Waals surface area (Å²) in [5.74, 6) is 0.834. The number of hydrogen-bond donors (Lipinski definition) is 0. The van der Waals surface area contributed by atoms with E-state index in [4.69, 9.17) is 17.0 Å². The van der Waals surface area contributed by atoms with Gasteiger partial charge in [-0.25, -0.2) is 4.90 Å². The van der Waals surface area contributed by atoms with E-state index in [1.165, 1.54) is 9.78 Å². The molecular weight excluding hydrogens is 274 g/mol. The standard InChI is InChI=1S/C11H9NO2S3/c13-5-8(15)10-12-6-17-9(11(12)14-10)4-7-2-1-3-16-7/h1-5,10-11H,6H2. The molecule has 1 aromatic rings. The largest absolute Gasteiger partial charge is 0.334 e. The number of hydrogen-bond acceptors (Lipinski definition) is 6. The third-order valence-electron chi connectivity index (χ3n) is 2.67. The highest BCUT2D eigenvalue weighted by Crippen LogP contribution is 2.43. The minimum atomic E-state index is -0.297. The molecule has 0 radical (unpaired) electrons. The van der Waals surface area contributed by atoms with E-state index >= 15 is 0 Å². The van der Waals surface area contributed by atoms with Crippen molar-refractivity contribution >= 4 is 52.5 Å². The number of nitrogens with zero attached hydrogens (tertiary/aromatic N) is 1. The molecule has 0 saturated carbocycles. The van der Waals surface area contributed by atoms with Crippen LogP contribution in [0.4, 0.5) is 0 Å². The summed E-state index contributed by atoms with van der Waals surface area (Å²) < 4.78 is 5.65. The molecule has 0 N–H and O–H groups in total. The summed E-state index contributed by atoms with van der Waals surface area (Å²) in [6, 6.07) is 4.10. The fourth-order valence-corrected chi connectivity index (χ4v) is 3.89. The first kappa shape index (κ1) is 11.6. The Morgan fingerprint density at radius 2 is 2.53 bits per heavy atom. The summed E-state index contributed by atoms with van der Waals surface area (Å²) >= 11 is 8.39. The maximum Gasteiger partial charge on any atom is 0.160 e. The molecule has 2 atom stereocenters. The first-order chi connectivity index (χ1) is 8.29. The number of thiophene rings is 1. The molecule has 0 amide bonds. The molecule has 0 aliphatic carbocycles. The number of ether oxygens (including phenoxy) is 1.